The third-order valence-electron chi connectivity index (χ3n) is 6.94. The molecule has 0 amide bonds. The Morgan fingerprint density at radius 3 is 1.58 bits per heavy atom. The molecule has 0 heterocycles. The summed E-state index contributed by atoms with van der Waals surface area (Å²) < 4.78 is 5.28. The molecule has 0 aromatic carbocycles. The zero-order valence-electron chi connectivity index (χ0n) is 24.2. The Morgan fingerprint density at radius 1 is 0.684 bits per heavy atom. The molecule has 8 nitrogen and oxygen atoms in total. The lowest BCUT2D eigenvalue weighted by atomic mass is 9.95. The molecule has 0 bridgehead atoms. The Balaban J connectivity index is 4.36. The van der Waals surface area contributed by atoms with Crippen LogP contribution in [0.4, 0.5) is 0 Å². The first-order chi connectivity index (χ1) is 18.0. The van der Waals surface area contributed by atoms with Crippen molar-refractivity contribution in [3.05, 3.63) is 0 Å². The molecule has 0 rings (SSSR count). The summed E-state index contributed by atoms with van der Waals surface area (Å²) in [6.07, 6.45) is 15.4. The van der Waals surface area contributed by atoms with Gasteiger partial charge in [0.15, 0.2) is 17.5 Å². The maximum Gasteiger partial charge on any atom is 0.336 e. The van der Waals surface area contributed by atoms with E-state index in [-0.39, 0.29) is 12.2 Å². The quantitative estimate of drug-likeness (QED) is 0.0797. The van der Waals surface area contributed by atoms with Crippen molar-refractivity contribution in [3.8, 4) is 0 Å². The van der Waals surface area contributed by atoms with Crippen LogP contribution >= 0.6 is 0 Å². The maximum absolute atomic E-state index is 12.7. The molecule has 0 fully saturated rings. The normalized spacial score (nSPS) is 13.7. The van der Waals surface area contributed by atoms with Crippen LogP contribution in [0.15, 0.2) is 0 Å². The van der Waals surface area contributed by atoms with Crippen molar-refractivity contribution < 1.29 is 39.2 Å². The molecular weight excluding hydrogens is 488 g/mol. The zero-order valence-corrected chi connectivity index (χ0v) is 24.2. The van der Waals surface area contributed by atoms with Crippen LogP contribution in [0.1, 0.15) is 149 Å². The summed E-state index contributed by atoms with van der Waals surface area (Å²) in [6.45, 7) is 6.57. The largest absolute Gasteiger partial charge is 0.481 e. The van der Waals surface area contributed by atoms with Crippen LogP contribution in [-0.2, 0) is 23.9 Å². The van der Waals surface area contributed by atoms with Gasteiger partial charge in [0.1, 0.15) is 0 Å². The van der Waals surface area contributed by atoms with Crippen molar-refractivity contribution in [2.75, 3.05) is 0 Å². The van der Waals surface area contributed by atoms with Crippen LogP contribution in [0.3, 0.4) is 0 Å². The summed E-state index contributed by atoms with van der Waals surface area (Å²) in [5, 5.41) is 28.2. The molecule has 0 saturated carbocycles. The Kier molecular flexibility index (Phi) is 20.8. The molecule has 8 heteroatoms. The minimum Gasteiger partial charge on any atom is -0.481 e. The first-order valence-electron chi connectivity index (χ1n) is 14.9. The fourth-order valence-electron chi connectivity index (χ4n) is 4.55. The number of aliphatic hydroxyl groups is 1. The lowest BCUT2D eigenvalue weighted by Gasteiger charge is -2.22. The molecule has 0 aliphatic carbocycles. The maximum atomic E-state index is 12.7. The highest BCUT2D eigenvalue weighted by Crippen LogP contribution is 2.20. The Morgan fingerprint density at radius 2 is 1.16 bits per heavy atom. The van der Waals surface area contributed by atoms with Gasteiger partial charge in [-0.1, -0.05) is 111 Å². The van der Waals surface area contributed by atoms with E-state index in [9.17, 15) is 29.4 Å². The molecule has 38 heavy (non-hydrogen) atoms. The fourth-order valence-corrected chi connectivity index (χ4v) is 4.55. The van der Waals surface area contributed by atoms with E-state index in [4.69, 9.17) is 9.84 Å². The molecule has 0 spiro atoms. The highest BCUT2D eigenvalue weighted by atomic mass is 16.5. The molecule has 2 atom stereocenters. The van der Waals surface area contributed by atoms with Crippen LogP contribution in [0.5, 0.6) is 0 Å². The van der Waals surface area contributed by atoms with E-state index in [0.717, 1.165) is 38.0 Å². The minimum atomic E-state index is -2.77. The number of carboxylic acid groups (broad SMARTS) is 2. The summed E-state index contributed by atoms with van der Waals surface area (Å²) in [7, 11) is 0. The fraction of sp³-hybridized carbons (Fsp3) is 0.867. The SMILES string of the molecule is CCCCCC(=O)C(CCCCCCCCCCCCCCC(C)C)OC(=O)CC(O)(CC(=O)O)C(=O)O. The van der Waals surface area contributed by atoms with Crippen LogP contribution in [0.25, 0.3) is 0 Å². The predicted octanol–water partition coefficient (Wildman–Crippen LogP) is 6.85. The van der Waals surface area contributed by atoms with Crippen molar-refractivity contribution in [2.24, 2.45) is 5.92 Å². The minimum absolute atomic E-state index is 0.215. The number of ketones is 1. The molecular formula is C30H54O8. The number of Topliss-reactive ketones (excluding diaryl/α,β-unsaturated/α-hetero) is 1. The van der Waals surface area contributed by atoms with Crippen molar-refractivity contribution >= 4 is 23.7 Å². The van der Waals surface area contributed by atoms with Gasteiger partial charge in [-0.2, -0.15) is 0 Å². The Hall–Kier alpha value is -1.96. The number of carbonyl (C=O) groups excluding carboxylic acids is 2. The lowest BCUT2D eigenvalue weighted by Crippen LogP contribution is -2.44. The number of hydrogen-bond donors (Lipinski definition) is 3. The van der Waals surface area contributed by atoms with Gasteiger partial charge in [0, 0.05) is 6.42 Å². The summed E-state index contributed by atoms with van der Waals surface area (Å²) in [4.78, 5) is 47.3. The molecule has 222 valence electrons. The van der Waals surface area contributed by atoms with Gasteiger partial charge in [-0.3, -0.25) is 14.4 Å². The van der Waals surface area contributed by atoms with Crippen molar-refractivity contribution in [2.45, 2.75) is 161 Å². The van der Waals surface area contributed by atoms with Crippen LogP contribution < -0.4 is 0 Å². The van der Waals surface area contributed by atoms with E-state index >= 15 is 0 Å². The number of esters is 1. The summed E-state index contributed by atoms with van der Waals surface area (Å²) in [5.41, 5.74) is -2.77. The van der Waals surface area contributed by atoms with Crippen LogP contribution in [0.2, 0.25) is 0 Å². The third-order valence-corrected chi connectivity index (χ3v) is 6.94. The van der Waals surface area contributed by atoms with E-state index in [1.165, 1.54) is 57.8 Å². The van der Waals surface area contributed by atoms with Gasteiger partial charge in [0.05, 0.1) is 12.8 Å². The molecule has 3 N–H and O–H groups in total. The van der Waals surface area contributed by atoms with Gasteiger partial charge in [0.2, 0.25) is 0 Å². The second kappa shape index (κ2) is 21.9. The molecule has 2 unspecified atom stereocenters. The first-order valence-corrected chi connectivity index (χ1v) is 14.9. The van der Waals surface area contributed by atoms with E-state index in [0.29, 0.717) is 19.3 Å². The van der Waals surface area contributed by atoms with E-state index in [1.807, 2.05) is 6.92 Å². The molecule has 0 aliphatic rings. The Labute approximate surface area is 229 Å². The van der Waals surface area contributed by atoms with Gasteiger partial charge in [-0.25, -0.2) is 4.79 Å². The van der Waals surface area contributed by atoms with Gasteiger partial charge in [0.25, 0.3) is 0 Å². The first kappa shape index (κ1) is 36.0. The molecule has 0 saturated heterocycles. The van der Waals surface area contributed by atoms with Crippen molar-refractivity contribution in [3.63, 3.8) is 0 Å². The topological polar surface area (TPSA) is 138 Å². The molecule has 0 radical (unpaired) electrons. The number of carboxylic acids is 2. The van der Waals surface area contributed by atoms with Crippen LogP contribution in [0, 0.1) is 5.92 Å². The second-order valence-electron chi connectivity index (χ2n) is 11.2. The highest BCUT2D eigenvalue weighted by Gasteiger charge is 2.42. The van der Waals surface area contributed by atoms with Crippen molar-refractivity contribution in [1.29, 1.82) is 0 Å². The van der Waals surface area contributed by atoms with Gasteiger partial charge in [-0.05, 0) is 25.2 Å². The van der Waals surface area contributed by atoms with Gasteiger partial charge < -0.3 is 20.1 Å². The predicted molar refractivity (Wildman–Crippen MR) is 148 cm³/mol. The third kappa shape index (κ3) is 19.2. The number of unbranched alkanes of at least 4 members (excludes halogenated alkanes) is 13. The van der Waals surface area contributed by atoms with E-state index < -0.39 is 42.5 Å². The van der Waals surface area contributed by atoms with Gasteiger partial charge >= 0.3 is 17.9 Å². The smallest absolute Gasteiger partial charge is 0.336 e. The molecule has 0 aliphatic heterocycles. The van der Waals surface area contributed by atoms with Crippen molar-refractivity contribution in [1.82, 2.24) is 0 Å². The number of aliphatic carboxylic acids is 2. The lowest BCUT2D eigenvalue weighted by molar-refractivity contribution is -0.174. The molecule has 0 aromatic rings. The summed E-state index contributed by atoms with van der Waals surface area (Å²) >= 11 is 0. The highest BCUT2D eigenvalue weighted by molar-refractivity contribution is 5.90. The monoisotopic (exact) mass is 542 g/mol. The van der Waals surface area contributed by atoms with Crippen LogP contribution in [-0.4, -0.2) is 50.7 Å². The average Bonchev–Trinajstić information content (AvgIpc) is 2.82. The molecule has 0 aromatic heterocycles. The summed E-state index contributed by atoms with van der Waals surface area (Å²) in [5.74, 6) is -3.85. The number of ether oxygens (including phenoxy) is 1. The standard InChI is InChI=1S/C30H54O8/c1-4-5-16-20-25(31)26(38-28(34)23-30(37,29(35)36)22-27(32)33)21-18-15-13-11-9-7-6-8-10-12-14-17-19-24(2)3/h24,26,37H,4-23H2,1-3H3,(H,32,33)(H,35,36). The van der Waals surface area contributed by atoms with E-state index in [1.54, 1.807) is 0 Å². The van der Waals surface area contributed by atoms with Gasteiger partial charge in [-0.15, -0.1) is 0 Å². The second-order valence-corrected chi connectivity index (χ2v) is 11.2. The average molecular weight is 543 g/mol. The zero-order chi connectivity index (χ0) is 28.8. The number of rotatable bonds is 26. The summed E-state index contributed by atoms with van der Waals surface area (Å²) in [6, 6.07) is 0. The number of hydrogen-bond acceptors (Lipinski definition) is 6. The Bertz CT molecular complexity index is 675. The number of carbonyl (C=O) groups is 4. The van der Waals surface area contributed by atoms with E-state index in [2.05, 4.69) is 13.8 Å².